The minimum Gasteiger partial charge on any atom is -0.494 e. The fourth-order valence-electron chi connectivity index (χ4n) is 3.56. The highest BCUT2D eigenvalue weighted by atomic mass is 32.1. The molecule has 0 saturated heterocycles. The van der Waals surface area contributed by atoms with Crippen LogP contribution in [0.2, 0.25) is 0 Å². The lowest BCUT2D eigenvalue weighted by atomic mass is 10.2. The third-order valence-electron chi connectivity index (χ3n) is 5.69. The molecule has 0 aliphatic rings. The van der Waals surface area contributed by atoms with Crippen LogP contribution in [-0.4, -0.2) is 34.1 Å². The molecule has 2 heterocycles. The molecular formula is C24H33N3O2S. The van der Waals surface area contributed by atoms with E-state index in [0.29, 0.717) is 19.7 Å². The molecule has 1 aromatic carbocycles. The van der Waals surface area contributed by atoms with Gasteiger partial charge in [-0.15, -0.1) is 11.3 Å². The van der Waals surface area contributed by atoms with Crippen molar-refractivity contribution in [3.8, 4) is 5.75 Å². The van der Waals surface area contributed by atoms with Crippen LogP contribution >= 0.6 is 11.3 Å². The molecule has 5 nitrogen and oxygen atoms in total. The van der Waals surface area contributed by atoms with Crippen LogP contribution in [0.1, 0.15) is 48.5 Å². The molecule has 0 aliphatic heterocycles. The lowest BCUT2D eigenvalue weighted by Gasteiger charge is -2.20. The zero-order chi connectivity index (χ0) is 21.7. The van der Waals surface area contributed by atoms with Crippen molar-refractivity contribution in [1.29, 1.82) is 0 Å². The Kier molecular flexibility index (Phi) is 7.67. The molecule has 0 radical (unpaired) electrons. The van der Waals surface area contributed by atoms with Crippen LogP contribution in [0.5, 0.6) is 5.75 Å². The number of hydrogen-bond acceptors (Lipinski definition) is 5. The van der Waals surface area contributed by atoms with Crippen LogP contribution < -0.4 is 10.3 Å². The van der Waals surface area contributed by atoms with Gasteiger partial charge in [-0.2, -0.15) is 0 Å². The fourth-order valence-corrected chi connectivity index (χ4v) is 4.60. The predicted molar refractivity (Wildman–Crippen MR) is 126 cm³/mol. The largest absolute Gasteiger partial charge is 0.494 e. The standard InChI is InChI=1S/C24H33N3O2S/c1-6-26(7-2)16-21-25-23-22(18(4)19(5)30-23)24(28)27(21)14-8-9-15-29-20-12-10-17(3)11-13-20/h10-13H,6-9,14-16H2,1-5H3. The summed E-state index contributed by atoms with van der Waals surface area (Å²) in [5.74, 6) is 1.77. The first kappa shape index (κ1) is 22.5. The lowest BCUT2D eigenvalue weighted by Crippen LogP contribution is -2.31. The molecule has 3 rings (SSSR count). The number of benzene rings is 1. The summed E-state index contributed by atoms with van der Waals surface area (Å²) in [6.45, 7) is 14.4. The van der Waals surface area contributed by atoms with Gasteiger partial charge in [0.1, 0.15) is 16.4 Å². The summed E-state index contributed by atoms with van der Waals surface area (Å²) < 4.78 is 7.74. The number of aromatic nitrogens is 2. The molecule has 0 fully saturated rings. The fraction of sp³-hybridized carbons (Fsp3) is 0.500. The van der Waals surface area contributed by atoms with E-state index in [1.54, 1.807) is 11.3 Å². The van der Waals surface area contributed by atoms with E-state index < -0.39 is 0 Å². The predicted octanol–water partition coefficient (Wildman–Crippen LogP) is 5.08. The normalized spacial score (nSPS) is 11.5. The Bertz CT molecular complexity index is 1030. The van der Waals surface area contributed by atoms with Crippen LogP contribution in [0.25, 0.3) is 10.2 Å². The molecule has 0 spiro atoms. The van der Waals surface area contributed by atoms with Crippen molar-refractivity contribution >= 4 is 21.6 Å². The topological polar surface area (TPSA) is 47.4 Å². The number of fused-ring (bicyclic) bond motifs is 1. The van der Waals surface area contributed by atoms with Crippen LogP contribution in [0, 0.1) is 20.8 Å². The highest BCUT2D eigenvalue weighted by Crippen LogP contribution is 2.26. The Hall–Kier alpha value is -2.18. The number of ether oxygens (including phenoxy) is 1. The molecule has 0 unspecified atom stereocenters. The highest BCUT2D eigenvalue weighted by molar-refractivity contribution is 7.18. The molecule has 0 bridgehead atoms. The Balaban J connectivity index is 1.74. The Labute approximate surface area is 183 Å². The SMILES string of the molecule is CCN(CC)Cc1nc2sc(C)c(C)c2c(=O)n1CCCCOc1ccc(C)cc1. The summed E-state index contributed by atoms with van der Waals surface area (Å²) in [5.41, 5.74) is 2.39. The smallest absolute Gasteiger partial charge is 0.262 e. The Morgan fingerprint density at radius 1 is 1.07 bits per heavy atom. The van der Waals surface area contributed by atoms with Crippen molar-refractivity contribution in [3.63, 3.8) is 0 Å². The molecule has 162 valence electrons. The van der Waals surface area contributed by atoms with Gasteiger partial charge in [0, 0.05) is 11.4 Å². The summed E-state index contributed by atoms with van der Waals surface area (Å²) in [5, 5.41) is 0.789. The van der Waals surface area contributed by atoms with Gasteiger partial charge in [0.05, 0.1) is 18.5 Å². The van der Waals surface area contributed by atoms with E-state index in [1.807, 2.05) is 23.6 Å². The minimum absolute atomic E-state index is 0.100. The number of nitrogens with zero attached hydrogens (tertiary/aromatic N) is 3. The van der Waals surface area contributed by atoms with E-state index in [4.69, 9.17) is 9.72 Å². The minimum atomic E-state index is 0.100. The third-order valence-corrected chi connectivity index (χ3v) is 6.79. The second kappa shape index (κ2) is 10.2. The first-order chi connectivity index (χ1) is 14.4. The molecule has 0 amide bonds. The van der Waals surface area contributed by atoms with Gasteiger partial charge in [0.2, 0.25) is 0 Å². The van der Waals surface area contributed by atoms with E-state index in [-0.39, 0.29) is 5.56 Å². The van der Waals surface area contributed by atoms with Crippen LogP contribution in [0.4, 0.5) is 0 Å². The van der Waals surface area contributed by atoms with E-state index in [9.17, 15) is 4.79 Å². The molecule has 0 aliphatic carbocycles. The molecular weight excluding hydrogens is 394 g/mol. The summed E-state index contributed by atoms with van der Waals surface area (Å²) in [4.78, 5) is 22.6. The van der Waals surface area contributed by atoms with Gasteiger partial charge in [-0.25, -0.2) is 4.98 Å². The number of hydrogen-bond donors (Lipinski definition) is 0. The maximum Gasteiger partial charge on any atom is 0.262 e. The van der Waals surface area contributed by atoms with Gasteiger partial charge in [0.25, 0.3) is 5.56 Å². The molecule has 0 N–H and O–H groups in total. The number of aryl methyl sites for hydroxylation is 3. The van der Waals surface area contributed by atoms with Crippen molar-refractivity contribution in [1.82, 2.24) is 14.5 Å². The summed E-state index contributed by atoms with van der Waals surface area (Å²) >= 11 is 1.63. The van der Waals surface area contributed by atoms with Crippen molar-refractivity contribution < 1.29 is 4.74 Å². The molecule has 30 heavy (non-hydrogen) atoms. The van der Waals surface area contributed by atoms with E-state index in [1.165, 1.54) is 10.4 Å². The van der Waals surface area contributed by atoms with Gasteiger partial charge in [0.15, 0.2) is 0 Å². The number of rotatable bonds is 10. The van der Waals surface area contributed by atoms with Crippen LogP contribution in [-0.2, 0) is 13.1 Å². The molecule has 2 aromatic heterocycles. The number of unbranched alkanes of at least 4 members (excludes halogenated alkanes) is 1. The van der Waals surface area contributed by atoms with Crippen molar-refractivity contribution in [3.05, 3.63) is 56.4 Å². The summed E-state index contributed by atoms with van der Waals surface area (Å²) in [6, 6.07) is 8.12. The molecule has 6 heteroatoms. The van der Waals surface area contributed by atoms with Crippen molar-refractivity contribution in [2.45, 2.75) is 60.5 Å². The monoisotopic (exact) mass is 427 g/mol. The number of thiophene rings is 1. The van der Waals surface area contributed by atoms with Gasteiger partial charge >= 0.3 is 0 Å². The van der Waals surface area contributed by atoms with Gasteiger partial charge in [-0.3, -0.25) is 14.3 Å². The zero-order valence-electron chi connectivity index (χ0n) is 18.8. The maximum absolute atomic E-state index is 13.3. The van der Waals surface area contributed by atoms with Gasteiger partial charge < -0.3 is 4.74 Å². The maximum atomic E-state index is 13.3. The van der Waals surface area contributed by atoms with Crippen molar-refractivity contribution in [2.75, 3.05) is 19.7 Å². The van der Waals surface area contributed by atoms with Gasteiger partial charge in [-0.05, 0) is 64.4 Å². The lowest BCUT2D eigenvalue weighted by molar-refractivity contribution is 0.278. The zero-order valence-corrected chi connectivity index (χ0v) is 19.6. The van der Waals surface area contributed by atoms with Crippen molar-refractivity contribution in [2.24, 2.45) is 0 Å². The second-order valence-corrected chi connectivity index (χ2v) is 8.98. The Morgan fingerprint density at radius 2 is 1.77 bits per heavy atom. The first-order valence-corrected chi connectivity index (χ1v) is 11.7. The van der Waals surface area contributed by atoms with Crippen LogP contribution in [0.15, 0.2) is 29.1 Å². The van der Waals surface area contributed by atoms with Crippen LogP contribution in [0.3, 0.4) is 0 Å². The van der Waals surface area contributed by atoms with E-state index >= 15 is 0 Å². The van der Waals surface area contributed by atoms with E-state index in [0.717, 1.165) is 53.3 Å². The van der Waals surface area contributed by atoms with Gasteiger partial charge in [-0.1, -0.05) is 31.5 Å². The van der Waals surface area contributed by atoms with E-state index in [2.05, 4.69) is 44.7 Å². The highest BCUT2D eigenvalue weighted by Gasteiger charge is 2.17. The first-order valence-electron chi connectivity index (χ1n) is 10.9. The summed E-state index contributed by atoms with van der Waals surface area (Å²) in [7, 11) is 0. The average molecular weight is 428 g/mol. The molecule has 0 saturated carbocycles. The molecule has 0 atom stereocenters. The Morgan fingerprint density at radius 3 is 2.43 bits per heavy atom. The average Bonchev–Trinajstić information content (AvgIpc) is 3.02. The molecule has 3 aromatic rings. The quantitative estimate of drug-likeness (QED) is 0.423. The third kappa shape index (κ3) is 5.10. The second-order valence-electron chi connectivity index (χ2n) is 7.78. The summed E-state index contributed by atoms with van der Waals surface area (Å²) in [6.07, 6.45) is 1.77.